The molecule has 104 valence electrons. The molecular formula is C10H16N6O3. The average molecular weight is 268 g/mol. The van der Waals surface area contributed by atoms with Crippen molar-refractivity contribution in [3.63, 3.8) is 0 Å². The van der Waals surface area contributed by atoms with Crippen LogP contribution in [-0.4, -0.2) is 40.9 Å². The van der Waals surface area contributed by atoms with Crippen LogP contribution in [0.4, 0.5) is 17.3 Å². The third-order valence-electron chi connectivity index (χ3n) is 2.34. The topological polar surface area (TPSA) is 126 Å². The van der Waals surface area contributed by atoms with Crippen LogP contribution >= 0.6 is 0 Å². The molecule has 1 aromatic heterocycles. The van der Waals surface area contributed by atoms with Gasteiger partial charge in [0.15, 0.2) is 0 Å². The Labute approximate surface area is 109 Å². The molecule has 9 heteroatoms. The van der Waals surface area contributed by atoms with Gasteiger partial charge in [-0.15, -0.1) is 0 Å². The number of rotatable bonds is 5. The SMILES string of the molecule is CC(Nc1cc([N+](=O)[O-])cc(NN)n1)C(=O)N(C)C. The first-order chi connectivity index (χ1) is 8.85. The van der Waals surface area contributed by atoms with Crippen molar-refractivity contribution >= 4 is 23.2 Å². The summed E-state index contributed by atoms with van der Waals surface area (Å²) in [5.41, 5.74) is 2.07. The standard InChI is InChI=1S/C10H16N6O3/c1-6(10(17)15(2)3)12-8-4-7(16(18)19)5-9(13-8)14-11/h4-6H,11H2,1-3H3,(H2,12,13,14). The summed E-state index contributed by atoms with van der Waals surface area (Å²) in [5.74, 6) is 5.36. The van der Waals surface area contributed by atoms with E-state index in [1.807, 2.05) is 0 Å². The predicted molar refractivity (Wildman–Crippen MR) is 70.5 cm³/mol. The number of hydrogen-bond donors (Lipinski definition) is 3. The maximum atomic E-state index is 11.7. The molecule has 0 aliphatic carbocycles. The molecule has 0 saturated carbocycles. The highest BCUT2D eigenvalue weighted by Gasteiger charge is 2.17. The molecule has 0 aliphatic rings. The monoisotopic (exact) mass is 268 g/mol. The van der Waals surface area contributed by atoms with Crippen LogP contribution in [0.5, 0.6) is 0 Å². The van der Waals surface area contributed by atoms with Gasteiger partial charge in [-0.05, 0) is 6.92 Å². The number of carbonyl (C=O) groups is 1. The Bertz CT molecular complexity index is 490. The molecule has 19 heavy (non-hydrogen) atoms. The third kappa shape index (κ3) is 3.78. The van der Waals surface area contributed by atoms with Crippen molar-refractivity contribution in [2.45, 2.75) is 13.0 Å². The zero-order valence-corrected chi connectivity index (χ0v) is 10.9. The van der Waals surface area contributed by atoms with Gasteiger partial charge in [0.2, 0.25) is 5.91 Å². The van der Waals surface area contributed by atoms with E-state index in [0.29, 0.717) is 0 Å². The van der Waals surface area contributed by atoms with E-state index in [1.165, 1.54) is 17.0 Å². The third-order valence-corrected chi connectivity index (χ3v) is 2.34. The van der Waals surface area contributed by atoms with Crippen molar-refractivity contribution in [3.8, 4) is 0 Å². The highest BCUT2D eigenvalue weighted by molar-refractivity contribution is 5.83. The fourth-order valence-electron chi connectivity index (χ4n) is 1.44. The van der Waals surface area contributed by atoms with Crippen LogP contribution in [-0.2, 0) is 4.79 Å². The lowest BCUT2D eigenvalue weighted by atomic mass is 10.3. The number of hydrogen-bond acceptors (Lipinski definition) is 7. The van der Waals surface area contributed by atoms with Gasteiger partial charge in [0.05, 0.1) is 17.1 Å². The summed E-state index contributed by atoms with van der Waals surface area (Å²) in [6.07, 6.45) is 0. The molecule has 9 nitrogen and oxygen atoms in total. The Morgan fingerprint density at radius 3 is 2.53 bits per heavy atom. The van der Waals surface area contributed by atoms with E-state index in [4.69, 9.17) is 5.84 Å². The van der Waals surface area contributed by atoms with Crippen molar-refractivity contribution in [1.29, 1.82) is 0 Å². The Balaban J connectivity index is 2.97. The number of nitrogen functional groups attached to an aromatic ring is 1. The van der Waals surface area contributed by atoms with Gasteiger partial charge < -0.3 is 15.6 Å². The first-order valence-corrected chi connectivity index (χ1v) is 5.46. The smallest absolute Gasteiger partial charge is 0.276 e. The van der Waals surface area contributed by atoms with Gasteiger partial charge in [0.1, 0.15) is 17.7 Å². The molecule has 1 aromatic rings. The Hall–Kier alpha value is -2.42. The summed E-state index contributed by atoms with van der Waals surface area (Å²) in [7, 11) is 3.24. The van der Waals surface area contributed by atoms with Crippen LogP contribution in [0, 0.1) is 10.1 Å². The second kappa shape index (κ2) is 5.96. The average Bonchev–Trinajstić information content (AvgIpc) is 2.36. The van der Waals surface area contributed by atoms with E-state index in [-0.39, 0.29) is 23.2 Å². The molecule has 0 aromatic carbocycles. The van der Waals surface area contributed by atoms with Crippen molar-refractivity contribution < 1.29 is 9.72 Å². The molecule has 1 atom stereocenters. The van der Waals surface area contributed by atoms with E-state index in [2.05, 4.69) is 15.7 Å². The molecule has 0 spiro atoms. The number of hydrazine groups is 1. The largest absolute Gasteiger partial charge is 0.358 e. The van der Waals surface area contributed by atoms with E-state index >= 15 is 0 Å². The molecule has 0 bridgehead atoms. The summed E-state index contributed by atoms with van der Waals surface area (Å²) >= 11 is 0. The number of carbonyl (C=O) groups excluding carboxylic acids is 1. The second-order valence-corrected chi connectivity index (χ2v) is 4.10. The first-order valence-electron chi connectivity index (χ1n) is 5.46. The lowest BCUT2D eigenvalue weighted by Gasteiger charge is -2.18. The highest BCUT2D eigenvalue weighted by atomic mass is 16.6. The van der Waals surface area contributed by atoms with Crippen molar-refractivity contribution in [1.82, 2.24) is 9.88 Å². The summed E-state index contributed by atoms with van der Waals surface area (Å²) in [4.78, 5) is 27.3. The number of nitrogens with two attached hydrogens (primary N) is 1. The van der Waals surface area contributed by atoms with E-state index in [1.54, 1.807) is 21.0 Å². The molecule has 0 aliphatic heterocycles. The summed E-state index contributed by atoms with van der Waals surface area (Å²) < 4.78 is 0. The van der Waals surface area contributed by atoms with Crippen LogP contribution in [0.15, 0.2) is 12.1 Å². The molecule has 1 amide bonds. The van der Waals surface area contributed by atoms with Crippen molar-refractivity contribution in [3.05, 3.63) is 22.2 Å². The van der Waals surface area contributed by atoms with Gasteiger partial charge in [0.25, 0.3) is 5.69 Å². The molecule has 0 saturated heterocycles. The van der Waals surface area contributed by atoms with E-state index < -0.39 is 11.0 Å². The zero-order valence-electron chi connectivity index (χ0n) is 10.9. The summed E-state index contributed by atoms with van der Waals surface area (Å²) in [5, 5.41) is 13.5. The molecule has 1 unspecified atom stereocenters. The molecule has 0 radical (unpaired) electrons. The zero-order chi connectivity index (χ0) is 14.6. The number of aromatic nitrogens is 1. The lowest BCUT2D eigenvalue weighted by molar-refractivity contribution is -0.384. The minimum Gasteiger partial charge on any atom is -0.358 e. The van der Waals surface area contributed by atoms with Crippen LogP contribution in [0.25, 0.3) is 0 Å². The number of nitrogens with one attached hydrogen (secondary N) is 2. The fourth-order valence-corrected chi connectivity index (χ4v) is 1.44. The Morgan fingerprint density at radius 1 is 1.47 bits per heavy atom. The fraction of sp³-hybridized carbons (Fsp3) is 0.400. The number of anilines is 2. The molecule has 0 fully saturated rings. The van der Waals surface area contributed by atoms with Gasteiger partial charge in [-0.25, -0.2) is 10.8 Å². The number of likely N-dealkylation sites (N-methyl/N-ethyl adjacent to an activating group) is 1. The maximum Gasteiger partial charge on any atom is 0.276 e. The Morgan fingerprint density at radius 2 is 2.05 bits per heavy atom. The number of pyridine rings is 1. The van der Waals surface area contributed by atoms with Crippen LogP contribution in [0.1, 0.15) is 6.92 Å². The van der Waals surface area contributed by atoms with Gasteiger partial charge in [-0.2, -0.15) is 0 Å². The van der Waals surface area contributed by atoms with Gasteiger partial charge >= 0.3 is 0 Å². The first kappa shape index (κ1) is 14.6. The quantitative estimate of drug-likeness (QED) is 0.394. The van der Waals surface area contributed by atoms with Crippen LogP contribution in [0.3, 0.4) is 0 Å². The van der Waals surface area contributed by atoms with Crippen LogP contribution in [0.2, 0.25) is 0 Å². The minimum atomic E-state index is -0.563. The number of amides is 1. The highest BCUT2D eigenvalue weighted by Crippen LogP contribution is 2.20. The molecule has 1 rings (SSSR count). The number of nitrogens with zero attached hydrogens (tertiary/aromatic N) is 3. The van der Waals surface area contributed by atoms with Crippen molar-refractivity contribution in [2.24, 2.45) is 5.84 Å². The molecule has 1 heterocycles. The van der Waals surface area contributed by atoms with E-state index in [9.17, 15) is 14.9 Å². The normalized spacial score (nSPS) is 11.6. The van der Waals surface area contributed by atoms with Gasteiger partial charge in [-0.1, -0.05) is 0 Å². The molecule has 4 N–H and O–H groups in total. The van der Waals surface area contributed by atoms with Gasteiger partial charge in [0, 0.05) is 14.1 Å². The summed E-state index contributed by atoms with van der Waals surface area (Å²) in [6.45, 7) is 1.64. The van der Waals surface area contributed by atoms with Crippen LogP contribution < -0.4 is 16.6 Å². The molecular weight excluding hydrogens is 252 g/mol. The minimum absolute atomic E-state index is 0.140. The summed E-state index contributed by atoms with van der Waals surface area (Å²) in [6, 6.07) is 1.87. The predicted octanol–water partition coefficient (Wildman–Crippen LogP) is 0.164. The van der Waals surface area contributed by atoms with E-state index in [0.717, 1.165) is 0 Å². The lowest BCUT2D eigenvalue weighted by Crippen LogP contribution is -2.36. The van der Waals surface area contributed by atoms with Crippen molar-refractivity contribution in [2.75, 3.05) is 24.8 Å². The van der Waals surface area contributed by atoms with Gasteiger partial charge in [-0.3, -0.25) is 14.9 Å². The number of nitro groups is 1. The second-order valence-electron chi connectivity index (χ2n) is 4.10. The Kier molecular flexibility index (Phi) is 4.59. The maximum absolute atomic E-state index is 11.7.